The van der Waals surface area contributed by atoms with Crippen LogP contribution >= 0.6 is 45.2 Å². The van der Waals surface area contributed by atoms with E-state index in [0.717, 1.165) is 0 Å². The van der Waals surface area contributed by atoms with Crippen LogP contribution in [-0.4, -0.2) is 14.5 Å². The van der Waals surface area contributed by atoms with E-state index < -0.39 is 0 Å². The third-order valence-electron chi connectivity index (χ3n) is 0.391. The number of hydrogen-bond donors (Lipinski definition) is 2. The molecule has 0 rings (SSSR count). The lowest BCUT2D eigenvalue weighted by molar-refractivity contribution is 0.909. The van der Waals surface area contributed by atoms with Crippen molar-refractivity contribution < 1.29 is 0 Å². The summed E-state index contributed by atoms with van der Waals surface area (Å²) in [6.45, 7) is 0. The minimum atomic E-state index is 0.456. The number of rotatable bonds is 2. The van der Waals surface area contributed by atoms with Gasteiger partial charge in [0.05, 0.1) is 0 Å². The Labute approximate surface area is 75.1 Å². The van der Waals surface area contributed by atoms with Crippen LogP contribution < -0.4 is 5.43 Å². The van der Waals surface area contributed by atoms with Crippen LogP contribution in [0.15, 0.2) is 5.10 Å². The van der Waals surface area contributed by atoms with Gasteiger partial charge in [0.1, 0.15) is 3.72 Å². The summed E-state index contributed by atoms with van der Waals surface area (Å²) in [5.74, 6) is 0. The number of nitrogens with one attached hydrogen (secondary N) is 2. The van der Waals surface area contributed by atoms with Gasteiger partial charge in [0, 0.05) is 7.05 Å². The molecule has 5 heteroatoms. The summed E-state index contributed by atoms with van der Waals surface area (Å²) in [6.07, 6.45) is 0. The Morgan fingerprint density at radius 1 is 1.62 bits per heavy atom. The van der Waals surface area contributed by atoms with Crippen molar-refractivity contribution in [2.24, 2.45) is 5.10 Å². The zero-order chi connectivity index (χ0) is 6.57. The summed E-state index contributed by atoms with van der Waals surface area (Å²) >= 11 is 3.88. The van der Waals surface area contributed by atoms with Crippen molar-refractivity contribution in [2.75, 3.05) is 7.05 Å². The second-order valence-corrected chi connectivity index (χ2v) is 3.04. The monoisotopic (exact) mass is 337 g/mol. The third kappa shape index (κ3) is 3.58. The fourth-order valence-corrected chi connectivity index (χ4v) is 0.509. The van der Waals surface area contributed by atoms with Crippen molar-refractivity contribution in [1.82, 2.24) is 5.43 Å². The first-order valence-corrected chi connectivity index (χ1v) is 3.98. The maximum absolute atomic E-state index is 7.01. The number of halogens is 2. The van der Waals surface area contributed by atoms with Crippen LogP contribution in [0.25, 0.3) is 0 Å². The Morgan fingerprint density at radius 3 is 2.25 bits per heavy atom. The molecule has 0 aliphatic rings. The summed E-state index contributed by atoms with van der Waals surface area (Å²) in [7, 11) is 1.71. The summed E-state index contributed by atoms with van der Waals surface area (Å²) in [6, 6.07) is 0. The molecule has 8 heavy (non-hydrogen) atoms. The van der Waals surface area contributed by atoms with Gasteiger partial charge >= 0.3 is 0 Å². The normalized spacial score (nSPS) is 11.1. The van der Waals surface area contributed by atoms with E-state index >= 15 is 0 Å². The van der Waals surface area contributed by atoms with Gasteiger partial charge in [-0.05, 0) is 45.2 Å². The van der Waals surface area contributed by atoms with Gasteiger partial charge < -0.3 is 5.43 Å². The quantitative estimate of drug-likeness (QED) is 0.446. The molecular formula is C3H5I2N3. The van der Waals surface area contributed by atoms with E-state index in [-0.39, 0.29) is 0 Å². The van der Waals surface area contributed by atoms with Crippen LogP contribution in [0.5, 0.6) is 0 Å². The maximum Gasteiger partial charge on any atom is 0.152 e. The van der Waals surface area contributed by atoms with E-state index in [1.807, 2.05) is 45.2 Å². The highest BCUT2D eigenvalue weighted by Gasteiger charge is 1.93. The van der Waals surface area contributed by atoms with E-state index in [1.54, 1.807) is 7.05 Å². The molecule has 0 spiro atoms. The lowest BCUT2D eigenvalue weighted by Crippen LogP contribution is -2.03. The molecule has 0 aliphatic carbocycles. The molecule has 3 nitrogen and oxygen atoms in total. The van der Waals surface area contributed by atoms with E-state index in [9.17, 15) is 0 Å². The van der Waals surface area contributed by atoms with Gasteiger partial charge in [0.25, 0.3) is 0 Å². The molecule has 0 amide bonds. The molecule has 0 aromatic heterocycles. The molecule has 0 saturated heterocycles. The second kappa shape index (κ2) is 4.48. The largest absolute Gasteiger partial charge is 0.312 e. The minimum absolute atomic E-state index is 0.456. The van der Waals surface area contributed by atoms with Crippen LogP contribution in [0.3, 0.4) is 0 Å². The Hall–Kier alpha value is 0.600. The van der Waals surface area contributed by atoms with Crippen molar-refractivity contribution >= 4 is 52.6 Å². The fourth-order valence-electron chi connectivity index (χ4n) is 0.147. The summed E-state index contributed by atoms with van der Waals surface area (Å²) < 4.78 is 1.14. The van der Waals surface area contributed by atoms with Gasteiger partial charge in [0.2, 0.25) is 0 Å². The number of nitrogens with zero attached hydrogens (tertiary/aromatic N) is 1. The standard InChI is InChI=1S/C3H5I2N3/c1-7-8-3(5)2(4)6/h6-7H,1H3/b6-2?,8-3+. The topological polar surface area (TPSA) is 48.2 Å². The highest BCUT2D eigenvalue weighted by molar-refractivity contribution is 14.1. The van der Waals surface area contributed by atoms with E-state index in [4.69, 9.17) is 5.41 Å². The van der Waals surface area contributed by atoms with Crippen molar-refractivity contribution in [3.05, 3.63) is 0 Å². The van der Waals surface area contributed by atoms with E-state index in [1.165, 1.54) is 0 Å². The van der Waals surface area contributed by atoms with Gasteiger partial charge in [0.15, 0.2) is 3.72 Å². The third-order valence-corrected chi connectivity index (χ3v) is 2.71. The summed E-state index contributed by atoms with van der Waals surface area (Å²) in [5, 5.41) is 10.8. The molecule has 0 atom stereocenters. The van der Waals surface area contributed by atoms with Gasteiger partial charge in [-0.2, -0.15) is 5.10 Å². The molecule has 46 valence electrons. The average Bonchev–Trinajstić information content (AvgIpc) is 1.67. The first-order valence-electron chi connectivity index (χ1n) is 1.83. The predicted molar refractivity (Wildman–Crippen MR) is 52.3 cm³/mol. The van der Waals surface area contributed by atoms with E-state index in [2.05, 4.69) is 10.5 Å². The van der Waals surface area contributed by atoms with Crippen molar-refractivity contribution in [1.29, 1.82) is 5.41 Å². The molecular weight excluding hydrogens is 332 g/mol. The fraction of sp³-hybridized carbons (Fsp3) is 0.333. The van der Waals surface area contributed by atoms with E-state index in [0.29, 0.717) is 7.44 Å². The van der Waals surface area contributed by atoms with Crippen LogP contribution in [0.2, 0.25) is 0 Å². The number of hydrazone groups is 1. The van der Waals surface area contributed by atoms with Crippen LogP contribution in [0, 0.1) is 5.41 Å². The first kappa shape index (κ1) is 8.60. The zero-order valence-corrected chi connectivity index (χ0v) is 8.52. The van der Waals surface area contributed by atoms with Crippen LogP contribution in [0.1, 0.15) is 0 Å². The van der Waals surface area contributed by atoms with Gasteiger partial charge in [-0.25, -0.2) is 0 Å². The minimum Gasteiger partial charge on any atom is -0.312 e. The highest BCUT2D eigenvalue weighted by Crippen LogP contribution is 1.97. The Balaban J connectivity index is 3.80. The van der Waals surface area contributed by atoms with Crippen LogP contribution in [0.4, 0.5) is 0 Å². The zero-order valence-electron chi connectivity index (χ0n) is 4.20. The predicted octanol–water partition coefficient (Wildman–Crippen LogP) is 1.37. The molecule has 2 N–H and O–H groups in total. The molecule has 0 aromatic carbocycles. The average molecular weight is 337 g/mol. The van der Waals surface area contributed by atoms with Crippen molar-refractivity contribution in [3.63, 3.8) is 0 Å². The molecule has 0 heterocycles. The number of hydrogen-bond acceptors (Lipinski definition) is 3. The lowest BCUT2D eigenvalue weighted by Gasteiger charge is -1.89. The smallest absolute Gasteiger partial charge is 0.152 e. The molecule has 0 saturated carbocycles. The van der Waals surface area contributed by atoms with Gasteiger partial charge in [-0.15, -0.1) is 0 Å². The van der Waals surface area contributed by atoms with Crippen molar-refractivity contribution in [2.45, 2.75) is 0 Å². The second-order valence-electron chi connectivity index (χ2n) is 0.940. The molecule has 0 aromatic rings. The van der Waals surface area contributed by atoms with Crippen molar-refractivity contribution in [3.8, 4) is 0 Å². The molecule has 0 bridgehead atoms. The molecule has 0 unspecified atom stereocenters. The van der Waals surface area contributed by atoms with Crippen LogP contribution in [-0.2, 0) is 0 Å². The SMILES string of the molecule is CN/N=C(/I)C(=N)I. The van der Waals surface area contributed by atoms with Gasteiger partial charge in [-0.3, -0.25) is 5.41 Å². The first-order chi connectivity index (χ1) is 3.68. The molecule has 0 fully saturated rings. The Kier molecular flexibility index (Phi) is 4.81. The maximum atomic E-state index is 7.01. The summed E-state index contributed by atoms with van der Waals surface area (Å²) in [5.41, 5.74) is 2.58. The Morgan fingerprint density at radius 2 is 2.12 bits per heavy atom. The molecule has 0 radical (unpaired) electrons. The molecule has 0 aliphatic heterocycles. The summed E-state index contributed by atoms with van der Waals surface area (Å²) in [4.78, 5) is 0. The lowest BCUT2D eigenvalue weighted by atomic mass is 10.8. The highest BCUT2D eigenvalue weighted by atomic mass is 127. The Bertz CT molecular complexity index is 120. The van der Waals surface area contributed by atoms with Gasteiger partial charge in [-0.1, -0.05) is 0 Å².